The van der Waals surface area contributed by atoms with Crippen LogP contribution in [-0.4, -0.2) is 27.4 Å². The van der Waals surface area contributed by atoms with Gasteiger partial charge in [0.1, 0.15) is 0 Å². The number of hydrogen-bond donors (Lipinski definition) is 1. The summed E-state index contributed by atoms with van der Waals surface area (Å²) in [4.78, 5) is 12.3. The van der Waals surface area contributed by atoms with E-state index in [9.17, 15) is 4.79 Å². The van der Waals surface area contributed by atoms with Crippen LogP contribution in [0.1, 0.15) is 39.0 Å². The van der Waals surface area contributed by atoms with Crippen molar-refractivity contribution in [2.24, 2.45) is 0 Å². The molecular formula is C17H20ClN3O2S. The van der Waals surface area contributed by atoms with Crippen LogP contribution in [0.3, 0.4) is 0 Å². The molecule has 1 aromatic carbocycles. The Hall–Kier alpha value is -1.53. The Bertz CT molecular complexity index is 701. The van der Waals surface area contributed by atoms with Crippen LogP contribution < -0.4 is 5.32 Å². The first kappa shape index (κ1) is 17.3. The fraction of sp³-hybridized carbons (Fsp3) is 0.471. The lowest BCUT2D eigenvalue weighted by molar-refractivity contribution is -0.121. The van der Waals surface area contributed by atoms with Crippen LogP contribution in [0.15, 0.2) is 33.9 Å². The summed E-state index contributed by atoms with van der Waals surface area (Å²) < 4.78 is 5.64. The van der Waals surface area contributed by atoms with Gasteiger partial charge in [0.15, 0.2) is 0 Å². The van der Waals surface area contributed by atoms with E-state index in [1.54, 1.807) is 12.1 Å². The van der Waals surface area contributed by atoms with Gasteiger partial charge in [0.25, 0.3) is 5.22 Å². The topological polar surface area (TPSA) is 68.0 Å². The third-order valence-electron chi connectivity index (χ3n) is 4.08. The lowest BCUT2D eigenvalue weighted by Gasteiger charge is -2.23. The second-order valence-corrected chi connectivity index (χ2v) is 7.72. The van der Waals surface area contributed by atoms with Gasteiger partial charge >= 0.3 is 0 Å². The minimum absolute atomic E-state index is 0.0226. The smallest absolute Gasteiger partial charge is 0.277 e. The van der Waals surface area contributed by atoms with Gasteiger partial charge in [-0.15, -0.1) is 10.2 Å². The molecule has 0 spiro atoms. The van der Waals surface area contributed by atoms with Crippen LogP contribution in [0, 0.1) is 0 Å². The van der Waals surface area contributed by atoms with E-state index in [4.69, 9.17) is 16.0 Å². The first-order chi connectivity index (χ1) is 11.6. The first-order valence-corrected chi connectivity index (χ1v) is 9.44. The van der Waals surface area contributed by atoms with E-state index in [0.717, 1.165) is 18.4 Å². The number of amides is 1. The zero-order valence-corrected chi connectivity index (χ0v) is 15.1. The van der Waals surface area contributed by atoms with Gasteiger partial charge in [-0.2, -0.15) is 0 Å². The highest BCUT2D eigenvalue weighted by Crippen LogP contribution is 2.27. The number of nitrogens with zero attached hydrogens (tertiary/aromatic N) is 2. The van der Waals surface area contributed by atoms with Gasteiger partial charge in [0, 0.05) is 16.6 Å². The number of carbonyl (C=O) groups excluding carboxylic acids is 1. The van der Waals surface area contributed by atoms with Crippen molar-refractivity contribution in [3.05, 3.63) is 29.3 Å². The normalized spacial score (nSPS) is 16.8. The number of benzene rings is 1. The Labute approximate surface area is 150 Å². The minimum atomic E-state index is -0.278. The Morgan fingerprint density at radius 1 is 1.33 bits per heavy atom. The van der Waals surface area contributed by atoms with E-state index in [1.165, 1.54) is 31.0 Å². The molecule has 1 atom stereocenters. The van der Waals surface area contributed by atoms with Gasteiger partial charge in [0.05, 0.1) is 5.25 Å². The minimum Gasteiger partial charge on any atom is -0.411 e. The zero-order chi connectivity index (χ0) is 16.9. The summed E-state index contributed by atoms with van der Waals surface area (Å²) in [6, 6.07) is 7.54. The maximum atomic E-state index is 12.3. The summed E-state index contributed by atoms with van der Waals surface area (Å²) in [6.07, 6.45) is 5.80. The fourth-order valence-corrected chi connectivity index (χ4v) is 3.65. The average molecular weight is 366 g/mol. The van der Waals surface area contributed by atoms with Crippen molar-refractivity contribution in [3.8, 4) is 11.5 Å². The molecule has 0 unspecified atom stereocenters. The Kier molecular flexibility index (Phi) is 5.79. The molecule has 1 aliphatic rings. The monoisotopic (exact) mass is 365 g/mol. The van der Waals surface area contributed by atoms with Crippen LogP contribution in [-0.2, 0) is 4.79 Å². The van der Waals surface area contributed by atoms with Gasteiger partial charge in [-0.25, -0.2) is 0 Å². The highest BCUT2D eigenvalue weighted by atomic mass is 35.5. The number of aromatic nitrogens is 2. The molecule has 1 saturated carbocycles. The van der Waals surface area contributed by atoms with Crippen molar-refractivity contribution in [1.29, 1.82) is 0 Å². The molecule has 0 saturated heterocycles. The number of thioether (sulfide) groups is 1. The standard InChI is InChI=1S/C17H20ClN3O2S/c1-11(15(22)19-14-8-3-2-4-9-14)24-17-21-20-16(23-17)12-6-5-7-13(18)10-12/h5-7,10-11,14H,2-4,8-9H2,1H3,(H,19,22)/t11-/m1/s1. The van der Waals surface area contributed by atoms with Crippen LogP contribution in [0.25, 0.3) is 11.5 Å². The van der Waals surface area contributed by atoms with E-state index in [0.29, 0.717) is 22.2 Å². The van der Waals surface area contributed by atoms with Gasteiger partial charge in [-0.1, -0.05) is 48.7 Å². The molecule has 1 heterocycles. The zero-order valence-electron chi connectivity index (χ0n) is 13.5. The molecular weight excluding hydrogens is 346 g/mol. The van der Waals surface area contributed by atoms with Crippen LogP contribution in [0.2, 0.25) is 5.02 Å². The molecule has 24 heavy (non-hydrogen) atoms. The third-order valence-corrected chi connectivity index (χ3v) is 5.25. The number of carbonyl (C=O) groups is 1. The molecule has 2 aromatic rings. The largest absolute Gasteiger partial charge is 0.411 e. The summed E-state index contributed by atoms with van der Waals surface area (Å²) >= 11 is 7.25. The van der Waals surface area contributed by atoms with Gasteiger partial charge in [-0.3, -0.25) is 4.79 Å². The summed E-state index contributed by atoms with van der Waals surface area (Å²) in [5.74, 6) is 0.425. The molecule has 1 N–H and O–H groups in total. The summed E-state index contributed by atoms with van der Waals surface area (Å²) in [5.41, 5.74) is 0.765. The Morgan fingerprint density at radius 2 is 2.12 bits per heavy atom. The summed E-state index contributed by atoms with van der Waals surface area (Å²) in [7, 11) is 0. The number of hydrogen-bond acceptors (Lipinski definition) is 5. The van der Waals surface area contributed by atoms with Gasteiger partial charge in [0.2, 0.25) is 11.8 Å². The van der Waals surface area contributed by atoms with E-state index < -0.39 is 0 Å². The van der Waals surface area contributed by atoms with Crippen LogP contribution in [0.4, 0.5) is 0 Å². The Morgan fingerprint density at radius 3 is 2.88 bits per heavy atom. The van der Waals surface area contributed by atoms with Gasteiger partial charge in [-0.05, 0) is 38.0 Å². The number of rotatable bonds is 5. The molecule has 0 bridgehead atoms. The molecule has 0 radical (unpaired) electrons. The van der Waals surface area contributed by atoms with Crippen LogP contribution in [0.5, 0.6) is 0 Å². The van der Waals surface area contributed by atoms with E-state index in [2.05, 4.69) is 15.5 Å². The lowest BCUT2D eigenvalue weighted by atomic mass is 9.95. The van der Waals surface area contributed by atoms with Crippen molar-refractivity contribution < 1.29 is 9.21 Å². The van der Waals surface area contributed by atoms with Crippen molar-refractivity contribution in [3.63, 3.8) is 0 Å². The fourth-order valence-electron chi connectivity index (χ4n) is 2.77. The average Bonchev–Trinajstić information content (AvgIpc) is 3.04. The lowest BCUT2D eigenvalue weighted by Crippen LogP contribution is -2.40. The van der Waals surface area contributed by atoms with Crippen LogP contribution >= 0.6 is 23.4 Å². The maximum Gasteiger partial charge on any atom is 0.277 e. The molecule has 0 aliphatic heterocycles. The third kappa shape index (κ3) is 4.51. The van der Waals surface area contributed by atoms with E-state index in [1.807, 2.05) is 19.1 Å². The molecule has 5 nitrogen and oxygen atoms in total. The molecule has 7 heteroatoms. The number of nitrogens with one attached hydrogen (secondary N) is 1. The highest BCUT2D eigenvalue weighted by Gasteiger charge is 2.22. The summed E-state index contributed by atoms with van der Waals surface area (Å²) in [5, 5.41) is 11.9. The quantitative estimate of drug-likeness (QED) is 0.799. The molecule has 3 rings (SSSR count). The van der Waals surface area contributed by atoms with E-state index in [-0.39, 0.29) is 11.2 Å². The molecule has 1 amide bonds. The maximum absolute atomic E-state index is 12.3. The first-order valence-electron chi connectivity index (χ1n) is 8.18. The van der Waals surface area contributed by atoms with E-state index >= 15 is 0 Å². The predicted molar refractivity (Wildman–Crippen MR) is 95.1 cm³/mol. The molecule has 1 aliphatic carbocycles. The van der Waals surface area contributed by atoms with Gasteiger partial charge < -0.3 is 9.73 Å². The molecule has 1 fully saturated rings. The number of halogens is 1. The van der Waals surface area contributed by atoms with Crippen molar-refractivity contribution in [1.82, 2.24) is 15.5 Å². The second kappa shape index (κ2) is 8.03. The SMILES string of the molecule is C[C@@H](Sc1nnc(-c2cccc(Cl)c2)o1)C(=O)NC1CCCCC1. The molecule has 128 valence electrons. The summed E-state index contributed by atoms with van der Waals surface area (Å²) in [6.45, 7) is 1.85. The van der Waals surface area contributed by atoms with Crippen molar-refractivity contribution in [2.75, 3.05) is 0 Å². The molecule has 1 aromatic heterocycles. The second-order valence-electron chi connectivity index (χ2n) is 5.99. The van der Waals surface area contributed by atoms with Crippen molar-refractivity contribution >= 4 is 29.3 Å². The predicted octanol–water partition coefficient (Wildman–Crippen LogP) is 4.32. The Balaban J connectivity index is 1.58. The highest BCUT2D eigenvalue weighted by molar-refractivity contribution is 8.00. The van der Waals surface area contributed by atoms with Crippen molar-refractivity contribution in [2.45, 2.75) is 55.5 Å².